The lowest BCUT2D eigenvalue weighted by molar-refractivity contribution is 1.12. The molecule has 0 atom stereocenters. The molecule has 0 aliphatic heterocycles. The van der Waals surface area contributed by atoms with Crippen molar-refractivity contribution in [1.29, 1.82) is 0 Å². The quantitative estimate of drug-likeness (QED) is 0.461. The molecule has 4 rings (SSSR count). The molecule has 0 fully saturated rings. The van der Waals surface area contributed by atoms with Crippen LogP contribution in [0.25, 0.3) is 32.6 Å². The predicted molar refractivity (Wildman–Crippen MR) is 68.9 cm³/mol. The lowest BCUT2D eigenvalue weighted by atomic mass is 10.0. The minimum atomic E-state index is 0.910. The van der Waals surface area contributed by atoms with Crippen LogP contribution in [0, 0.1) is 0 Å². The van der Waals surface area contributed by atoms with Crippen molar-refractivity contribution in [3.05, 3.63) is 48.8 Å². The van der Waals surface area contributed by atoms with E-state index in [4.69, 9.17) is 0 Å². The maximum atomic E-state index is 4.43. The maximum Gasteiger partial charge on any atom is 0.109 e. The van der Waals surface area contributed by atoms with Gasteiger partial charge in [0.1, 0.15) is 5.52 Å². The molecular weight excluding hydrogens is 210 g/mol. The van der Waals surface area contributed by atoms with Crippen molar-refractivity contribution >= 4 is 32.6 Å². The van der Waals surface area contributed by atoms with Gasteiger partial charge in [-0.15, -0.1) is 0 Å². The summed E-state index contributed by atoms with van der Waals surface area (Å²) in [5.41, 5.74) is 1.92. The van der Waals surface area contributed by atoms with Gasteiger partial charge in [-0.05, 0) is 10.8 Å². The second-order valence-electron chi connectivity index (χ2n) is 4.14. The van der Waals surface area contributed by atoms with Crippen LogP contribution < -0.4 is 0 Å². The number of benzene rings is 2. The molecule has 0 saturated carbocycles. The number of aromatic amines is 1. The first-order chi connectivity index (χ1) is 8.43. The SMILES string of the molecule is c1ccc2c(c1)ccc1c2cnc2cn[nH]c21. The van der Waals surface area contributed by atoms with Gasteiger partial charge in [-0.3, -0.25) is 10.1 Å². The Kier molecular flexibility index (Phi) is 1.56. The fourth-order valence-corrected chi connectivity index (χ4v) is 2.36. The third-order valence-corrected chi connectivity index (χ3v) is 3.19. The molecule has 0 spiro atoms. The molecule has 80 valence electrons. The van der Waals surface area contributed by atoms with Crippen molar-refractivity contribution < 1.29 is 0 Å². The Morgan fingerprint density at radius 1 is 0.824 bits per heavy atom. The van der Waals surface area contributed by atoms with Crippen molar-refractivity contribution in [3.63, 3.8) is 0 Å². The van der Waals surface area contributed by atoms with Crippen LogP contribution in [0.2, 0.25) is 0 Å². The molecule has 0 radical (unpaired) electrons. The zero-order chi connectivity index (χ0) is 11.2. The fourth-order valence-electron chi connectivity index (χ4n) is 2.36. The maximum absolute atomic E-state index is 4.43. The summed E-state index contributed by atoms with van der Waals surface area (Å²) >= 11 is 0. The van der Waals surface area contributed by atoms with E-state index in [0.717, 1.165) is 11.0 Å². The van der Waals surface area contributed by atoms with Gasteiger partial charge in [0.05, 0.1) is 11.7 Å². The smallest absolute Gasteiger partial charge is 0.109 e. The van der Waals surface area contributed by atoms with E-state index in [1.807, 2.05) is 6.20 Å². The van der Waals surface area contributed by atoms with Crippen molar-refractivity contribution in [2.24, 2.45) is 0 Å². The van der Waals surface area contributed by atoms with Crippen LogP contribution in [-0.2, 0) is 0 Å². The normalized spacial score (nSPS) is 11.5. The van der Waals surface area contributed by atoms with Crippen molar-refractivity contribution in [2.45, 2.75) is 0 Å². The van der Waals surface area contributed by atoms with E-state index in [1.165, 1.54) is 21.5 Å². The van der Waals surface area contributed by atoms with E-state index in [0.29, 0.717) is 0 Å². The van der Waals surface area contributed by atoms with E-state index < -0.39 is 0 Å². The number of rotatable bonds is 0. The van der Waals surface area contributed by atoms with Gasteiger partial charge < -0.3 is 0 Å². The first-order valence-corrected chi connectivity index (χ1v) is 5.53. The molecule has 0 saturated heterocycles. The lowest BCUT2D eigenvalue weighted by Crippen LogP contribution is -1.82. The second-order valence-corrected chi connectivity index (χ2v) is 4.14. The molecule has 0 bridgehead atoms. The Morgan fingerprint density at radius 3 is 2.76 bits per heavy atom. The molecule has 1 N–H and O–H groups in total. The Hall–Kier alpha value is -2.42. The number of nitrogens with one attached hydrogen (secondary N) is 1. The van der Waals surface area contributed by atoms with Crippen LogP contribution in [0.15, 0.2) is 48.8 Å². The molecular formula is C14H9N3. The number of hydrogen-bond acceptors (Lipinski definition) is 2. The summed E-state index contributed by atoms with van der Waals surface area (Å²) in [6.07, 6.45) is 3.68. The number of H-pyrrole nitrogens is 1. The molecule has 17 heavy (non-hydrogen) atoms. The molecule has 0 aliphatic carbocycles. The first-order valence-electron chi connectivity index (χ1n) is 5.53. The lowest BCUT2D eigenvalue weighted by Gasteiger charge is -2.03. The molecule has 2 aromatic carbocycles. The van der Waals surface area contributed by atoms with Crippen molar-refractivity contribution in [3.8, 4) is 0 Å². The summed E-state index contributed by atoms with van der Waals surface area (Å²) in [5.74, 6) is 0. The van der Waals surface area contributed by atoms with Crippen LogP contribution in [0.1, 0.15) is 0 Å². The number of nitrogens with zero attached hydrogens (tertiary/aromatic N) is 2. The van der Waals surface area contributed by atoms with E-state index in [9.17, 15) is 0 Å². The monoisotopic (exact) mass is 219 g/mol. The summed E-state index contributed by atoms with van der Waals surface area (Å²) in [6, 6.07) is 12.6. The van der Waals surface area contributed by atoms with Gasteiger partial charge >= 0.3 is 0 Å². The molecule has 0 unspecified atom stereocenters. The highest BCUT2D eigenvalue weighted by Crippen LogP contribution is 2.28. The second kappa shape index (κ2) is 3.04. The number of fused-ring (bicyclic) bond motifs is 5. The van der Waals surface area contributed by atoms with Gasteiger partial charge in [0.15, 0.2) is 0 Å². The Labute approximate surface area is 97.1 Å². The Morgan fingerprint density at radius 2 is 1.76 bits per heavy atom. The van der Waals surface area contributed by atoms with Crippen molar-refractivity contribution in [1.82, 2.24) is 15.2 Å². The average Bonchev–Trinajstić information content (AvgIpc) is 2.86. The number of hydrogen-bond donors (Lipinski definition) is 1. The topological polar surface area (TPSA) is 41.6 Å². The van der Waals surface area contributed by atoms with Gasteiger partial charge in [0.25, 0.3) is 0 Å². The fraction of sp³-hybridized carbons (Fsp3) is 0. The highest BCUT2D eigenvalue weighted by molar-refractivity contribution is 6.14. The highest BCUT2D eigenvalue weighted by atomic mass is 15.1. The van der Waals surface area contributed by atoms with Gasteiger partial charge in [0.2, 0.25) is 0 Å². The van der Waals surface area contributed by atoms with Gasteiger partial charge in [-0.2, -0.15) is 5.10 Å². The van der Waals surface area contributed by atoms with Crippen molar-refractivity contribution in [2.75, 3.05) is 0 Å². The third kappa shape index (κ3) is 1.11. The third-order valence-electron chi connectivity index (χ3n) is 3.19. The van der Waals surface area contributed by atoms with Crippen LogP contribution >= 0.6 is 0 Å². The van der Waals surface area contributed by atoms with Gasteiger partial charge in [-0.1, -0.05) is 36.4 Å². The minimum absolute atomic E-state index is 0.910. The Balaban J connectivity index is 2.34. The summed E-state index contributed by atoms with van der Waals surface area (Å²) < 4.78 is 0. The number of aromatic nitrogens is 3. The molecule has 0 aliphatic rings. The predicted octanol–water partition coefficient (Wildman–Crippen LogP) is 3.26. The minimum Gasteiger partial charge on any atom is -0.276 e. The number of pyridine rings is 1. The standard InChI is InChI=1S/C14H9N3/c1-2-4-10-9(3-1)5-6-11-12(10)7-15-13-8-16-17-14(11)13/h1-8H,(H,16,17). The average molecular weight is 219 g/mol. The zero-order valence-electron chi connectivity index (χ0n) is 9.01. The summed E-state index contributed by atoms with van der Waals surface area (Å²) in [7, 11) is 0. The van der Waals surface area contributed by atoms with Crippen LogP contribution in [0.4, 0.5) is 0 Å². The zero-order valence-corrected chi connectivity index (χ0v) is 9.01. The van der Waals surface area contributed by atoms with E-state index in [1.54, 1.807) is 6.20 Å². The van der Waals surface area contributed by atoms with E-state index in [-0.39, 0.29) is 0 Å². The molecule has 2 aromatic heterocycles. The Bertz CT molecular complexity index is 846. The van der Waals surface area contributed by atoms with Crippen LogP contribution in [0.5, 0.6) is 0 Å². The van der Waals surface area contributed by atoms with Crippen LogP contribution in [-0.4, -0.2) is 15.2 Å². The highest BCUT2D eigenvalue weighted by Gasteiger charge is 2.05. The van der Waals surface area contributed by atoms with Crippen LogP contribution in [0.3, 0.4) is 0 Å². The van der Waals surface area contributed by atoms with Gasteiger partial charge in [0, 0.05) is 17.0 Å². The van der Waals surface area contributed by atoms with E-state index >= 15 is 0 Å². The molecule has 0 amide bonds. The summed E-state index contributed by atoms with van der Waals surface area (Å²) in [4.78, 5) is 4.43. The summed E-state index contributed by atoms with van der Waals surface area (Å²) in [5, 5.41) is 11.9. The summed E-state index contributed by atoms with van der Waals surface area (Å²) in [6.45, 7) is 0. The largest absolute Gasteiger partial charge is 0.276 e. The molecule has 3 nitrogen and oxygen atoms in total. The first kappa shape index (κ1) is 8.70. The van der Waals surface area contributed by atoms with E-state index in [2.05, 4.69) is 51.6 Å². The molecule has 2 heterocycles. The molecule has 3 heteroatoms. The van der Waals surface area contributed by atoms with Gasteiger partial charge in [-0.25, -0.2) is 0 Å². The molecule has 4 aromatic rings.